The van der Waals surface area contributed by atoms with Crippen LogP contribution in [0.15, 0.2) is 28.7 Å². The fourth-order valence-corrected chi connectivity index (χ4v) is 4.57. The summed E-state index contributed by atoms with van der Waals surface area (Å²) in [7, 11) is 0. The van der Waals surface area contributed by atoms with E-state index < -0.39 is 23.5 Å². The average molecular weight is 418 g/mol. The predicted molar refractivity (Wildman–Crippen MR) is 108 cm³/mol. The molecule has 2 aliphatic rings. The van der Waals surface area contributed by atoms with E-state index >= 15 is 0 Å². The first kappa shape index (κ1) is 19.8. The van der Waals surface area contributed by atoms with Crippen molar-refractivity contribution >= 4 is 40.4 Å². The lowest BCUT2D eigenvalue weighted by molar-refractivity contribution is -0.137. The van der Waals surface area contributed by atoms with Gasteiger partial charge < -0.3 is 15.1 Å². The second-order valence-corrected chi connectivity index (χ2v) is 8.50. The first-order valence-corrected chi connectivity index (χ1v) is 10.3. The Morgan fingerprint density at radius 2 is 2.17 bits per heavy atom. The molecule has 4 amide bonds. The van der Waals surface area contributed by atoms with Gasteiger partial charge in [-0.2, -0.15) is 0 Å². The highest BCUT2D eigenvalue weighted by atomic mass is 35.5. The van der Waals surface area contributed by atoms with Crippen LogP contribution in [0.1, 0.15) is 51.3 Å². The van der Waals surface area contributed by atoms with Crippen molar-refractivity contribution < 1.29 is 18.8 Å². The largest absolute Gasteiger partial charge is 0.459 e. The van der Waals surface area contributed by atoms with Gasteiger partial charge in [0.2, 0.25) is 5.91 Å². The number of furan rings is 1. The molecule has 29 heavy (non-hydrogen) atoms. The molecule has 3 atom stereocenters. The Hall–Kier alpha value is -2.54. The molecule has 2 fully saturated rings. The molecule has 3 unspecified atom stereocenters. The number of nitrogens with one attached hydrogen (secondary N) is 2. The number of rotatable bonds is 4. The summed E-state index contributed by atoms with van der Waals surface area (Å²) in [5.74, 6) is -0.0804. The summed E-state index contributed by atoms with van der Waals surface area (Å²) in [5, 5.41) is 7.11. The highest BCUT2D eigenvalue weighted by Crippen LogP contribution is 2.38. The Morgan fingerprint density at radius 3 is 2.93 bits per heavy atom. The maximum atomic E-state index is 13.0. The lowest BCUT2D eigenvalue weighted by atomic mass is 9.73. The van der Waals surface area contributed by atoms with Crippen LogP contribution < -0.4 is 10.6 Å². The number of hydrogen-bond donors (Lipinski definition) is 2. The molecule has 8 heteroatoms. The van der Waals surface area contributed by atoms with Crippen molar-refractivity contribution in [2.75, 3.05) is 6.54 Å². The van der Waals surface area contributed by atoms with E-state index in [0.29, 0.717) is 22.8 Å². The van der Waals surface area contributed by atoms with Gasteiger partial charge >= 0.3 is 6.03 Å². The van der Waals surface area contributed by atoms with Gasteiger partial charge in [0.1, 0.15) is 23.4 Å². The molecule has 2 N–H and O–H groups in total. The van der Waals surface area contributed by atoms with Crippen LogP contribution >= 0.6 is 11.6 Å². The summed E-state index contributed by atoms with van der Waals surface area (Å²) < 4.78 is 5.77. The van der Waals surface area contributed by atoms with Gasteiger partial charge in [-0.25, -0.2) is 4.79 Å². The Bertz CT molecular complexity index is 987. The van der Waals surface area contributed by atoms with Gasteiger partial charge in [-0.05, 0) is 49.9 Å². The third-order valence-electron chi connectivity index (χ3n) is 6.10. The molecule has 1 aliphatic carbocycles. The van der Waals surface area contributed by atoms with Crippen molar-refractivity contribution in [1.82, 2.24) is 15.5 Å². The minimum absolute atomic E-state index is 0.0575. The van der Waals surface area contributed by atoms with Crippen LogP contribution in [0.3, 0.4) is 0 Å². The fraction of sp³-hybridized carbons (Fsp3) is 0.476. The van der Waals surface area contributed by atoms with Crippen molar-refractivity contribution in [1.29, 1.82) is 0 Å². The highest BCUT2D eigenvalue weighted by molar-refractivity contribution is 6.31. The number of hydrogen-bond acceptors (Lipinski definition) is 4. The molecule has 7 nitrogen and oxygen atoms in total. The Morgan fingerprint density at radius 1 is 1.38 bits per heavy atom. The van der Waals surface area contributed by atoms with E-state index in [0.717, 1.165) is 29.5 Å². The van der Waals surface area contributed by atoms with Gasteiger partial charge in [-0.1, -0.05) is 31.4 Å². The second kappa shape index (κ2) is 7.37. The number of halogens is 1. The first-order chi connectivity index (χ1) is 13.8. The van der Waals surface area contributed by atoms with Crippen LogP contribution in [-0.2, 0) is 9.59 Å². The van der Waals surface area contributed by atoms with Gasteiger partial charge in [0, 0.05) is 10.4 Å². The molecule has 1 aliphatic heterocycles. The quantitative estimate of drug-likeness (QED) is 0.741. The minimum atomic E-state index is -0.862. The molecular weight excluding hydrogens is 394 g/mol. The Balaban J connectivity index is 1.43. The third-order valence-corrected chi connectivity index (χ3v) is 6.34. The van der Waals surface area contributed by atoms with Crippen LogP contribution in [0, 0.1) is 5.92 Å². The van der Waals surface area contributed by atoms with Crippen molar-refractivity contribution in [3.63, 3.8) is 0 Å². The van der Waals surface area contributed by atoms with E-state index in [1.807, 2.05) is 13.0 Å². The summed E-state index contributed by atoms with van der Waals surface area (Å²) in [5.41, 5.74) is -0.188. The van der Waals surface area contributed by atoms with E-state index in [4.69, 9.17) is 16.0 Å². The van der Waals surface area contributed by atoms with Gasteiger partial charge in [0.25, 0.3) is 5.91 Å². The summed E-state index contributed by atoms with van der Waals surface area (Å²) in [4.78, 5) is 39.0. The number of nitrogens with zero attached hydrogens (tertiary/aromatic N) is 1. The van der Waals surface area contributed by atoms with Gasteiger partial charge in [0.05, 0.1) is 6.04 Å². The SMILES string of the molecule is CC(NC(=O)CN1C(=O)NC2(CCCCC2C)C1=O)c1cc2cc(Cl)ccc2o1. The van der Waals surface area contributed by atoms with Crippen molar-refractivity contribution in [3.05, 3.63) is 35.0 Å². The summed E-state index contributed by atoms with van der Waals surface area (Å²) in [6.07, 6.45) is 3.45. The smallest absolute Gasteiger partial charge is 0.325 e. The number of amides is 4. The van der Waals surface area contributed by atoms with Crippen LogP contribution in [0.25, 0.3) is 11.0 Å². The van der Waals surface area contributed by atoms with Crippen molar-refractivity contribution in [2.45, 2.75) is 51.1 Å². The number of carbonyl (C=O) groups is 3. The number of urea groups is 1. The normalized spacial score (nSPS) is 25.5. The zero-order valence-electron chi connectivity index (χ0n) is 16.5. The second-order valence-electron chi connectivity index (χ2n) is 8.06. The standard InChI is InChI=1S/C21H24ClN3O4/c1-12-5-3-4-8-21(12)19(27)25(20(28)24-21)11-18(26)23-13(2)17-10-14-9-15(22)6-7-16(14)29-17/h6-7,9-10,12-13H,3-5,8,11H2,1-2H3,(H,23,26)(H,24,28). The van der Waals surface area contributed by atoms with Gasteiger partial charge in [0.15, 0.2) is 0 Å². The zero-order chi connectivity index (χ0) is 20.8. The molecule has 0 bridgehead atoms. The molecule has 1 aromatic heterocycles. The van der Waals surface area contributed by atoms with E-state index in [1.165, 1.54) is 0 Å². The predicted octanol–water partition coefficient (Wildman–Crippen LogP) is 3.76. The minimum Gasteiger partial charge on any atom is -0.459 e. The number of fused-ring (bicyclic) bond motifs is 1. The summed E-state index contributed by atoms with van der Waals surface area (Å²) in [6.45, 7) is 3.46. The Labute approximate surface area is 173 Å². The van der Waals surface area contributed by atoms with E-state index in [9.17, 15) is 14.4 Å². The molecule has 1 aromatic carbocycles. The maximum absolute atomic E-state index is 13.0. The summed E-state index contributed by atoms with van der Waals surface area (Å²) >= 11 is 6.00. The van der Waals surface area contributed by atoms with E-state index in [1.54, 1.807) is 25.1 Å². The molecule has 4 rings (SSSR count). The van der Waals surface area contributed by atoms with Crippen LogP contribution in [0.5, 0.6) is 0 Å². The average Bonchev–Trinajstić information content (AvgIpc) is 3.19. The zero-order valence-corrected chi connectivity index (χ0v) is 17.2. The summed E-state index contributed by atoms with van der Waals surface area (Å²) in [6, 6.07) is 6.20. The monoisotopic (exact) mass is 417 g/mol. The maximum Gasteiger partial charge on any atom is 0.325 e. The van der Waals surface area contributed by atoms with E-state index in [2.05, 4.69) is 10.6 Å². The lowest BCUT2D eigenvalue weighted by Crippen LogP contribution is -2.54. The fourth-order valence-electron chi connectivity index (χ4n) is 4.39. The third kappa shape index (κ3) is 3.48. The molecule has 154 valence electrons. The van der Waals surface area contributed by atoms with Crippen molar-refractivity contribution in [2.24, 2.45) is 5.92 Å². The van der Waals surface area contributed by atoms with Crippen LogP contribution in [-0.4, -0.2) is 34.8 Å². The first-order valence-electron chi connectivity index (χ1n) is 9.92. The number of imide groups is 1. The van der Waals surface area contributed by atoms with Gasteiger partial charge in [-0.3, -0.25) is 14.5 Å². The Kier molecular flexibility index (Phi) is 5.02. The molecule has 0 radical (unpaired) electrons. The molecule has 2 aromatic rings. The highest BCUT2D eigenvalue weighted by Gasteiger charge is 2.55. The molecular formula is C21H24ClN3O4. The number of benzene rings is 1. The van der Waals surface area contributed by atoms with Crippen LogP contribution in [0.2, 0.25) is 5.02 Å². The molecule has 1 saturated heterocycles. The molecule has 2 heterocycles. The van der Waals surface area contributed by atoms with Gasteiger partial charge in [-0.15, -0.1) is 0 Å². The lowest BCUT2D eigenvalue weighted by Gasteiger charge is -2.36. The number of carbonyl (C=O) groups excluding carboxylic acids is 3. The molecule has 1 saturated carbocycles. The van der Waals surface area contributed by atoms with Crippen molar-refractivity contribution in [3.8, 4) is 0 Å². The van der Waals surface area contributed by atoms with Crippen LogP contribution in [0.4, 0.5) is 4.79 Å². The van der Waals surface area contributed by atoms with E-state index in [-0.39, 0.29) is 18.4 Å². The topological polar surface area (TPSA) is 91.7 Å². The molecule has 1 spiro atoms.